The van der Waals surface area contributed by atoms with E-state index in [-0.39, 0.29) is 6.04 Å². The summed E-state index contributed by atoms with van der Waals surface area (Å²) in [7, 11) is -3.48. The van der Waals surface area contributed by atoms with Gasteiger partial charge >= 0.3 is 0 Å². The molecule has 8 heteroatoms. The molecule has 1 aromatic rings. The predicted molar refractivity (Wildman–Crippen MR) is 85.6 cm³/mol. The Balaban J connectivity index is 2.20. The van der Waals surface area contributed by atoms with Gasteiger partial charge in [0.2, 0.25) is 5.91 Å². The van der Waals surface area contributed by atoms with Crippen LogP contribution in [-0.2, 0) is 14.6 Å². The van der Waals surface area contributed by atoms with Crippen molar-refractivity contribution < 1.29 is 13.2 Å². The lowest BCUT2D eigenvalue weighted by Crippen LogP contribution is -2.57. The second-order valence-electron chi connectivity index (χ2n) is 5.35. The molecule has 1 aliphatic rings. The fraction of sp³-hybridized carbons (Fsp3) is 0.615. The molecule has 118 valence electrons. The number of carbonyl (C=O) groups is 1. The summed E-state index contributed by atoms with van der Waals surface area (Å²) in [6.45, 7) is 2.89. The summed E-state index contributed by atoms with van der Waals surface area (Å²) in [4.78, 5) is 13.5. The number of sulfone groups is 1. The van der Waals surface area contributed by atoms with Crippen LogP contribution in [0.15, 0.2) is 12.1 Å². The molecule has 1 aliphatic heterocycles. The van der Waals surface area contributed by atoms with Gasteiger partial charge in [-0.15, -0.1) is 11.3 Å². The van der Waals surface area contributed by atoms with Crippen molar-refractivity contribution in [3.63, 3.8) is 0 Å². The van der Waals surface area contributed by atoms with Crippen LogP contribution < -0.4 is 10.6 Å². The molecule has 0 radical (unpaired) electrons. The van der Waals surface area contributed by atoms with E-state index in [0.29, 0.717) is 30.3 Å². The third-order valence-electron chi connectivity index (χ3n) is 3.90. The zero-order chi connectivity index (χ0) is 15.7. The summed E-state index contributed by atoms with van der Waals surface area (Å²) < 4.78 is 23.6. The van der Waals surface area contributed by atoms with Crippen molar-refractivity contribution in [2.45, 2.75) is 30.6 Å². The highest BCUT2D eigenvalue weighted by molar-refractivity contribution is 7.92. The zero-order valence-corrected chi connectivity index (χ0v) is 14.4. The van der Waals surface area contributed by atoms with Crippen LogP contribution in [0.1, 0.15) is 30.7 Å². The van der Waals surface area contributed by atoms with Gasteiger partial charge in [0.1, 0.15) is 0 Å². The molecule has 2 heterocycles. The number of amides is 1. The highest BCUT2D eigenvalue weighted by Crippen LogP contribution is 2.31. The normalized spacial score (nSPS) is 20.0. The predicted octanol–water partition coefficient (Wildman–Crippen LogP) is 1.75. The molecule has 2 N–H and O–H groups in total. The average Bonchev–Trinajstić information content (AvgIpc) is 2.85. The van der Waals surface area contributed by atoms with Crippen LogP contribution in [-0.4, -0.2) is 38.4 Å². The van der Waals surface area contributed by atoms with Crippen LogP contribution in [0.25, 0.3) is 0 Å². The van der Waals surface area contributed by atoms with Crippen LogP contribution >= 0.6 is 22.9 Å². The smallest absolute Gasteiger partial charge is 0.242 e. The van der Waals surface area contributed by atoms with Gasteiger partial charge in [-0.25, -0.2) is 8.42 Å². The summed E-state index contributed by atoms with van der Waals surface area (Å²) in [5.74, 6) is -0.413. The van der Waals surface area contributed by atoms with Gasteiger partial charge in [-0.2, -0.15) is 0 Å². The maximum atomic E-state index is 12.6. The molecule has 1 unspecified atom stereocenters. The molecular formula is C13H19ClN2O3S2. The lowest BCUT2D eigenvalue weighted by Gasteiger charge is -2.35. The zero-order valence-electron chi connectivity index (χ0n) is 12.0. The van der Waals surface area contributed by atoms with Crippen LogP contribution in [0.3, 0.4) is 0 Å². The first-order valence-corrected chi connectivity index (χ1v) is 9.81. The third-order valence-corrected chi connectivity index (χ3v) is 7.33. The van der Waals surface area contributed by atoms with Crippen molar-refractivity contribution in [3.05, 3.63) is 21.3 Å². The maximum Gasteiger partial charge on any atom is 0.242 e. The minimum Gasteiger partial charge on any atom is -0.347 e. The highest BCUT2D eigenvalue weighted by atomic mass is 35.5. The summed E-state index contributed by atoms with van der Waals surface area (Å²) in [6, 6.07) is 3.35. The first kappa shape index (κ1) is 16.7. The molecule has 1 aromatic heterocycles. The van der Waals surface area contributed by atoms with Crippen LogP contribution in [0.5, 0.6) is 0 Å². The molecule has 1 fully saturated rings. The number of hydrogen-bond donors (Lipinski definition) is 2. The summed E-state index contributed by atoms with van der Waals surface area (Å²) in [5, 5.41) is 5.93. The van der Waals surface area contributed by atoms with Crippen molar-refractivity contribution in [3.8, 4) is 0 Å². The molecule has 0 spiro atoms. The number of piperidine rings is 1. The topological polar surface area (TPSA) is 75.3 Å². The SMILES string of the molecule is CC(NC(=O)C1(S(C)(=O)=O)CCNCC1)c1ccc(Cl)s1. The van der Waals surface area contributed by atoms with Crippen LogP contribution in [0.2, 0.25) is 4.34 Å². The highest BCUT2D eigenvalue weighted by Gasteiger charge is 2.48. The van der Waals surface area contributed by atoms with Crippen molar-refractivity contribution >= 4 is 38.7 Å². The molecular weight excluding hydrogens is 332 g/mol. The Hall–Kier alpha value is -0.630. The molecule has 5 nitrogen and oxygen atoms in total. The first-order chi connectivity index (χ1) is 9.76. The van der Waals surface area contributed by atoms with E-state index < -0.39 is 20.5 Å². The van der Waals surface area contributed by atoms with E-state index in [2.05, 4.69) is 10.6 Å². The third kappa shape index (κ3) is 3.41. The monoisotopic (exact) mass is 350 g/mol. The summed E-state index contributed by atoms with van der Waals surface area (Å²) in [5.41, 5.74) is 0. The number of halogens is 1. The largest absolute Gasteiger partial charge is 0.347 e. The number of carbonyl (C=O) groups excluding carboxylic acids is 1. The van der Waals surface area contributed by atoms with E-state index >= 15 is 0 Å². The van der Waals surface area contributed by atoms with E-state index in [1.165, 1.54) is 11.3 Å². The van der Waals surface area contributed by atoms with Crippen LogP contribution in [0, 0.1) is 0 Å². The number of thiophene rings is 1. The van der Waals surface area contributed by atoms with Gasteiger partial charge in [-0.3, -0.25) is 4.79 Å². The lowest BCUT2D eigenvalue weighted by atomic mass is 9.95. The minimum atomic E-state index is -3.48. The van der Waals surface area contributed by atoms with Gasteiger partial charge in [0.15, 0.2) is 14.6 Å². The standard InChI is InChI=1S/C13H19ClN2O3S2/c1-9(10-3-4-11(14)20-10)16-12(17)13(21(2,18)19)5-7-15-8-6-13/h3-4,9,15H,5-8H2,1-2H3,(H,16,17). The average molecular weight is 351 g/mol. The molecule has 21 heavy (non-hydrogen) atoms. The molecule has 1 saturated heterocycles. The molecule has 0 aromatic carbocycles. The molecule has 0 bridgehead atoms. The van der Waals surface area contributed by atoms with Gasteiger partial charge in [0, 0.05) is 11.1 Å². The number of rotatable bonds is 4. The quantitative estimate of drug-likeness (QED) is 0.867. The Morgan fingerprint density at radius 2 is 2.05 bits per heavy atom. The van der Waals surface area contributed by atoms with Gasteiger partial charge in [-0.1, -0.05) is 11.6 Å². The minimum absolute atomic E-state index is 0.261. The Labute approximate surface area is 134 Å². The Kier molecular flexibility index (Phi) is 4.97. The van der Waals surface area contributed by atoms with Crippen molar-refractivity contribution in [2.24, 2.45) is 0 Å². The molecule has 2 rings (SSSR count). The van der Waals surface area contributed by atoms with Gasteiger partial charge < -0.3 is 10.6 Å². The maximum absolute atomic E-state index is 12.6. The van der Waals surface area contributed by atoms with Gasteiger partial charge in [-0.05, 0) is 45.0 Å². The molecule has 0 saturated carbocycles. The fourth-order valence-corrected chi connectivity index (χ4v) is 4.96. The van der Waals surface area contributed by atoms with Crippen LogP contribution in [0.4, 0.5) is 0 Å². The second kappa shape index (κ2) is 6.24. The van der Waals surface area contributed by atoms with Crippen molar-refractivity contribution in [2.75, 3.05) is 19.3 Å². The van der Waals surface area contributed by atoms with Crippen molar-refractivity contribution in [1.82, 2.24) is 10.6 Å². The Morgan fingerprint density at radius 3 is 2.52 bits per heavy atom. The van der Waals surface area contributed by atoms with E-state index in [4.69, 9.17) is 11.6 Å². The fourth-order valence-electron chi connectivity index (χ4n) is 2.56. The summed E-state index contributed by atoms with van der Waals surface area (Å²) >= 11 is 7.27. The lowest BCUT2D eigenvalue weighted by molar-refractivity contribution is -0.125. The Bertz CT molecular complexity index is 621. The van der Waals surface area contributed by atoms with E-state index in [1.54, 1.807) is 6.07 Å². The van der Waals surface area contributed by atoms with E-state index in [9.17, 15) is 13.2 Å². The van der Waals surface area contributed by atoms with Gasteiger partial charge in [0.05, 0.1) is 10.4 Å². The first-order valence-electron chi connectivity index (χ1n) is 6.73. The summed E-state index contributed by atoms with van der Waals surface area (Å²) in [6.07, 6.45) is 1.75. The molecule has 0 aliphatic carbocycles. The number of nitrogens with one attached hydrogen (secondary N) is 2. The molecule has 1 amide bonds. The molecule has 1 atom stereocenters. The van der Waals surface area contributed by atoms with E-state index in [0.717, 1.165) is 11.1 Å². The second-order valence-corrected chi connectivity index (χ2v) is 9.43. The number of hydrogen-bond acceptors (Lipinski definition) is 5. The Morgan fingerprint density at radius 1 is 1.43 bits per heavy atom. The van der Waals surface area contributed by atoms with Crippen molar-refractivity contribution in [1.29, 1.82) is 0 Å². The van der Waals surface area contributed by atoms with Gasteiger partial charge in [0.25, 0.3) is 0 Å². The van der Waals surface area contributed by atoms with E-state index in [1.807, 2.05) is 13.0 Å².